The quantitative estimate of drug-likeness (QED) is 0.859. The molecule has 0 radical (unpaired) electrons. The maximum atomic E-state index is 12.5. The van der Waals surface area contributed by atoms with Crippen LogP contribution in [0.2, 0.25) is 0 Å². The molecule has 2 aromatic heterocycles. The summed E-state index contributed by atoms with van der Waals surface area (Å²) >= 11 is 0. The molecule has 0 bridgehead atoms. The van der Waals surface area contributed by atoms with E-state index in [1.165, 1.54) is 6.92 Å². The molecule has 2 aromatic rings. The average Bonchev–Trinajstić information content (AvgIpc) is 3.29. The molecule has 1 spiro atoms. The maximum absolute atomic E-state index is 12.5. The Morgan fingerprint density at radius 1 is 1.32 bits per heavy atom. The number of aryl methyl sites for hydroxylation is 1. The van der Waals surface area contributed by atoms with Crippen LogP contribution < -0.4 is 15.0 Å². The fourth-order valence-corrected chi connectivity index (χ4v) is 3.46. The van der Waals surface area contributed by atoms with Gasteiger partial charge in [0.15, 0.2) is 6.61 Å². The van der Waals surface area contributed by atoms with E-state index in [0.29, 0.717) is 23.9 Å². The summed E-state index contributed by atoms with van der Waals surface area (Å²) in [7, 11) is 0. The third-order valence-corrected chi connectivity index (χ3v) is 4.82. The zero-order valence-electron chi connectivity index (χ0n) is 15.3. The van der Waals surface area contributed by atoms with E-state index in [9.17, 15) is 18.0 Å². The Morgan fingerprint density at radius 2 is 2.07 bits per heavy atom. The molecule has 1 amide bonds. The fraction of sp³-hybridized carbons (Fsp3) is 0.444. The van der Waals surface area contributed by atoms with Crippen molar-refractivity contribution < 1.29 is 22.7 Å². The zero-order chi connectivity index (χ0) is 20.1. The lowest BCUT2D eigenvalue weighted by Crippen LogP contribution is -2.22. The third-order valence-electron chi connectivity index (χ3n) is 4.82. The number of rotatable bonds is 4. The first-order valence-corrected chi connectivity index (χ1v) is 8.76. The fourth-order valence-electron chi connectivity index (χ4n) is 3.46. The lowest BCUT2D eigenvalue weighted by molar-refractivity contribution is -0.154. The number of fused-ring (bicyclic) bond motifs is 2. The Kier molecular flexibility index (Phi) is 4.16. The molecule has 0 atom stereocenters. The summed E-state index contributed by atoms with van der Waals surface area (Å²) in [6.07, 6.45) is -0.717. The van der Waals surface area contributed by atoms with Crippen LogP contribution in [0.5, 0.6) is 6.01 Å². The van der Waals surface area contributed by atoms with Gasteiger partial charge < -0.3 is 15.0 Å². The molecule has 1 aliphatic heterocycles. The monoisotopic (exact) mass is 393 g/mol. The number of hydrogen-bond acceptors (Lipinski definition) is 6. The van der Waals surface area contributed by atoms with E-state index in [4.69, 9.17) is 4.74 Å². The molecule has 7 nitrogen and oxygen atoms in total. The van der Waals surface area contributed by atoms with Gasteiger partial charge in [0, 0.05) is 48.5 Å². The number of hydrogen-bond donors (Lipinski definition) is 1. The van der Waals surface area contributed by atoms with Crippen LogP contribution in [0.3, 0.4) is 0 Å². The standard InChI is InChI=1S/C18H18F3N5O2/c1-10-5-15(25-16(23-10)28-9-18(19,20)21)26-8-17(3-4-17)12-7-22-14(6-13(12)26)24-11(2)27/h5-7H,3-4,8-9H2,1-2H3,(H,22,24,27). The van der Waals surface area contributed by atoms with E-state index in [0.717, 1.165) is 24.1 Å². The second-order valence-corrected chi connectivity index (χ2v) is 7.19. The summed E-state index contributed by atoms with van der Waals surface area (Å²) in [5, 5.41) is 2.65. The summed E-state index contributed by atoms with van der Waals surface area (Å²) in [6, 6.07) is 3.14. The summed E-state index contributed by atoms with van der Waals surface area (Å²) < 4.78 is 42.1. The Bertz CT molecular complexity index is 943. The highest BCUT2D eigenvalue weighted by Gasteiger charge is 2.52. The molecule has 4 rings (SSSR count). The molecular formula is C18H18F3N5O2. The first-order valence-electron chi connectivity index (χ1n) is 8.76. The van der Waals surface area contributed by atoms with E-state index in [1.807, 2.05) is 4.90 Å². The van der Waals surface area contributed by atoms with Crippen molar-refractivity contribution in [2.24, 2.45) is 0 Å². The number of carbonyl (C=O) groups is 1. The minimum atomic E-state index is -4.47. The highest BCUT2D eigenvalue weighted by molar-refractivity contribution is 5.89. The molecule has 0 saturated heterocycles. The van der Waals surface area contributed by atoms with Crippen LogP contribution in [0.15, 0.2) is 18.3 Å². The van der Waals surface area contributed by atoms with Crippen LogP contribution in [0.25, 0.3) is 0 Å². The molecule has 1 fully saturated rings. The van der Waals surface area contributed by atoms with Gasteiger partial charge in [-0.1, -0.05) is 0 Å². The van der Waals surface area contributed by atoms with Crippen molar-refractivity contribution in [3.63, 3.8) is 0 Å². The van der Waals surface area contributed by atoms with E-state index in [2.05, 4.69) is 20.3 Å². The molecule has 3 heterocycles. The number of anilines is 3. The molecule has 28 heavy (non-hydrogen) atoms. The second kappa shape index (κ2) is 6.32. The summed E-state index contributed by atoms with van der Waals surface area (Å²) in [5.41, 5.74) is 2.35. The van der Waals surface area contributed by atoms with Crippen molar-refractivity contribution in [2.45, 2.75) is 38.3 Å². The number of pyridine rings is 1. The van der Waals surface area contributed by atoms with Gasteiger partial charge in [-0.25, -0.2) is 9.97 Å². The summed E-state index contributed by atoms with van der Waals surface area (Å²) in [5.74, 6) is 0.627. The number of ether oxygens (including phenoxy) is 1. The molecule has 0 unspecified atom stereocenters. The lowest BCUT2D eigenvalue weighted by atomic mass is 10.0. The van der Waals surface area contributed by atoms with Gasteiger partial charge in [-0.3, -0.25) is 4.79 Å². The molecule has 2 aliphatic rings. The molecular weight excluding hydrogens is 375 g/mol. The predicted octanol–water partition coefficient (Wildman–Crippen LogP) is 3.26. The van der Waals surface area contributed by atoms with Crippen molar-refractivity contribution in [3.05, 3.63) is 29.6 Å². The second-order valence-electron chi connectivity index (χ2n) is 7.19. The number of nitrogens with one attached hydrogen (secondary N) is 1. The van der Waals surface area contributed by atoms with Gasteiger partial charge in [0.1, 0.15) is 11.6 Å². The number of nitrogens with zero attached hydrogens (tertiary/aromatic N) is 4. The topological polar surface area (TPSA) is 80.2 Å². The number of aromatic nitrogens is 3. The van der Waals surface area contributed by atoms with E-state index >= 15 is 0 Å². The highest BCUT2D eigenvalue weighted by atomic mass is 19.4. The van der Waals surface area contributed by atoms with Crippen LogP contribution >= 0.6 is 0 Å². The Hall–Kier alpha value is -2.91. The van der Waals surface area contributed by atoms with Crippen molar-refractivity contribution >= 4 is 23.2 Å². The van der Waals surface area contributed by atoms with E-state index in [1.54, 1.807) is 25.3 Å². The van der Waals surface area contributed by atoms with Gasteiger partial charge in [0.05, 0.1) is 5.69 Å². The van der Waals surface area contributed by atoms with Crippen LogP contribution in [0, 0.1) is 6.92 Å². The smallest absolute Gasteiger partial charge is 0.422 e. The van der Waals surface area contributed by atoms with Gasteiger partial charge in [-0.2, -0.15) is 18.2 Å². The van der Waals surface area contributed by atoms with Crippen molar-refractivity contribution in [2.75, 3.05) is 23.4 Å². The minimum absolute atomic E-state index is 0.0249. The molecule has 1 saturated carbocycles. The van der Waals surface area contributed by atoms with Gasteiger partial charge >= 0.3 is 12.2 Å². The minimum Gasteiger partial charge on any atom is -0.454 e. The molecule has 1 aliphatic carbocycles. The number of alkyl halides is 3. The average molecular weight is 393 g/mol. The van der Waals surface area contributed by atoms with Crippen LogP contribution in [0.4, 0.5) is 30.5 Å². The van der Waals surface area contributed by atoms with Crippen molar-refractivity contribution in [1.82, 2.24) is 15.0 Å². The van der Waals surface area contributed by atoms with E-state index in [-0.39, 0.29) is 17.3 Å². The zero-order valence-corrected chi connectivity index (χ0v) is 15.3. The first-order chi connectivity index (χ1) is 13.2. The SMILES string of the molecule is CC(=O)Nc1cc2c(cn1)C1(CC1)CN2c1cc(C)nc(OCC(F)(F)F)n1. The number of amides is 1. The predicted molar refractivity (Wildman–Crippen MR) is 94.8 cm³/mol. The van der Waals surface area contributed by atoms with Gasteiger partial charge in [0.2, 0.25) is 5.91 Å². The van der Waals surface area contributed by atoms with Crippen LogP contribution in [0.1, 0.15) is 31.0 Å². The van der Waals surface area contributed by atoms with Gasteiger partial charge in [-0.05, 0) is 19.8 Å². The van der Waals surface area contributed by atoms with E-state index < -0.39 is 12.8 Å². The Morgan fingerprint density at radius 3 is 2.71 bits per heavy atom. The normalized spacial score (nSPS) is 16.8. The summed E-state index contributed by atoms with van der Waals surface area (Å²) in [6.45, 7) is 2.26. The molecule has 148 valence electrons. The van der Waals surface area contributed by atoms with Crippen LogP contribution in [-0.2, 0) is 10.2 Å². The summed E-state index contributed by atoms with van der Waals surface area (Å²) in [4.78, 5) is 25.7. The maximum Gasteiger partial charge on any atom is 0.422 e. The molecule has 0 aromatic carbocycles. The van der Waals surface area contributed by atoms with Gasteiger partial charge in [-0.15, -0.1) is 0 Å². The molecule has 1 N–H and O–H groups in total. The third kappa shape index (κ3) is 3.58. The Labute approximate surface area is 159 Å². The number of halogens is 3. The molecule has 10 heteroatoms. The van der Waals surface area contributed by atoms with Crippen LogP contribution in [-0.4, -0.2) is 40.2 Å². The van der Waals surface area contributed by atoms with Crippen molar-refractivity contribution in [1.29, 1.82) is 0 Å². The number of carbonyl (C=O) groups excluding carboxylic acids is 1. The van der Waals surface area contributed by atoms with Crippen molar-refractivity contribution in [3.8, 4) is 6.01 Å². The lowest BCUT2D eigenvalue weighted by Gasteiger charge is -2.20. The van der Waals surface area contributed by atoms with Gasteiger partial charge in [0.25, 0.3) is 0 Å². The largest absolute Gasteiger partial charge is 0.454 e. The highest BCUT2D eigenvalue weighted by Crippen LogP contribution is 2.58. The first kappa shape index (κ1) is 18.5. The Balaban J connectivity index is 1.69.